The molecule has 7 nitrogen and oxygen atoms in total. The Morgan fingerprint density at radius 1 is 1.39 bits per heavy atom. The van der Waals surface area contributed by atoms with Crippen LogP contribution < -0.4 is 10.0 Å². The average molecular weight is 357 g/mol. The highest BCUT2D eigenvalue weighted by atomic mass is 32.2. The number of hydrogen-bond donors (Lipinski definition) is 2. The lowest BCUT2D eigenvalue weighted by Gasteiger charge is -2.15. The van der Waals surface area contributed by atoms with E-state index in [0.29, 0.717) is 28.6 Å². The smallest absolute Gasteiger partial charge is 0.244 e. The molecule has 0 aliphatic carbocycles. The van der Waals surface area contributed by atoms with Gasteiger partial charge in [-0.15, -0.1) is 11.8 Å². The van der Waals surface area contributed by atoms with Gasteiger partial charge in [-0.25, -0.2) is 8.42 Å². The lowest BCUT2D eigenvalue weighted by Crippen LogP contribution is -2.34. The topological polar surface area (TPSA) is 95.6 Å². The second kappa shape index (κ2) is 7.22. The van der Waals surface area contributed by atoms with Crippen molar-refractivity contribution in [3.8, 4) is 0 Å². The van der Waals surface area contributed by atoms with Crippen LogP contribution in [0.4, 0.5) is 11.4 Å². The molecule has 2 amide bonds. The van der Waals surface area contributed by atoms with Crippen LogP contribution in [0.3, 0.4) is 0 Å². The highest BCUT2D eigenvalue weighted by Crippen LogP contribution is 2.21. The summed E-state index contributed by atoms with van der Waals surface area (Å²) in [4.78, 5) is 24.9. The van der Waals surface area contributed by atoms with Gasteiger partial charge in [0.1, 0.15) is 6.54 Å². The van der Waals surface area contributed by atoms with E-state index >= 15 is 0 Å². The summed E-state index contributed by atoms with van der Waals surface area (Å²) in [5.41, 5.74) is 1.75. The van der Waals surface area contributed by atoms with E-state index in [2.05, 4.69) is 10.0 Å². The lowest BCUT2D eigenvalue weighted by atomic mass is 10.2. The summed E-state index contributed by atoms with van der Waals surface area (Å²) in [5.74, 6) is 0.627. The van der Waals surface area contributed by atoms with E-state index in [-0.39, 0.29) is 24.1 Å². The molecule has 1 heterocycles. The third-order valence-corrected chi connectivity index (χ3v) is 5.55. The number of thioether (sulfide) groups is 1. The van der Waals surface area contributed by atoms with Gasteiger partial charge < -0.3 is 10.2 Å². The Hall–Kier alpha value is -1.74. The first-order valence-corrected chi connectivity index (χ1v) is 9.88. The molecule has 1 aliphatic rings. The minimum atomic E-state index is -3.34. The molecule has 23 heavy (non-hydrogen) atoms. The Bertz CT molecular complexity index is 719. The highest BCUT2D eigenvalue weighted by molar-refractivity contribution is 8.00. The van der Waals surface area contributed by atoms with Gasteiger partial charge in [0, 0.05) is 5.69 Å². The van der Waals surface area contributed by atoms with Crippen LogP contribution in [0.25, 0.3) is 0 Å². The molecule has 1 aliphatic heterocycles. The van der Waals surface area contributed by atoms with Gasteiger partial charge in [-0.3, -0.25) is 14.3 Å². The van der Waals surface area contributed by atoms with E-state index in [1.807, 2.05) is 0 Å². The fourth-order valence-electron chi connectivity index (χ4n) is 2.01. The van der Waals surface area contributed by atoms with E-state index in [1.54, 1.807) is 32.0 Å². The maximum absolute atomic E-state index is 12.0. The maximum atomic E-state index is 12.0. The quantitative estimate of drug-likeness (QED) is 0.798. The zero-order valence-corrected chi connectivity index (χ0v) is 14.6. The number of hydrogen-bond acceptors (Lipinski definition) is 5. The minimum absolute atomic E-state index is 0.00714. The van der Waals surface area contributed by atoms with Crippen LogP contribution in [0.2, 0.25) is 0 Å². The molecule has 0 bridgehead atoms. The molecule has 0 atom stereocenters. The Morgan fingerprint density at radius 3 is 2.70 bits per heavy atom. The zero-order chi connectivity index (χ0) is 17.0. The largest absolute Gasteiger partial charge is 0.325 e. The number of anilines is 2. The van der Waals surface area contributed by atoms with Crippen molar-refractivity contribution < 1.29 is 18.0 Å². The Balaban J connectivity index is 2.00. The fraction of sp³-hybridized carbons (Fsp3) is 0.429. The second-order valence-corrected chi connectivity index (χ2v) is 8.12. The number of carbonyl (C=O) groups excluding carboxylic acids is 2. The molecule has 2 N–H and O–H groups in total. The van der Waals surface area contributed by atoms with Crippen LogP contribution in [-0.4, -0.2) is 49.1 Å². The van der Waals surface area contributed by atoms with Crippen molar-refractivity contribution in [1.29, 1.82) is 0 Å². The summed E-state index contributed by atoms with van der Waals surface area (Å²) in [6.07, 6.45) is 0. The monoisotopic (exact) mass is 357 g/mol. The van der Waals surface area contributed by atoms with Gasteiger partial charge in [-0.1, -0.05) is 0 Å². The van der Waals surface area contributed by atoms with Crippen LogP contribution in [-0.2, 0) is 19.6 Å². The predicted octanol–water partition coefficient (Wildman–Crippen LogP) is 1.23. The first-order chi connectivity index (χ1) is 10.8. The summed E-state index contributed by atoms with van der Waals surface area (Å²) in [6, 6.07) is 4.92. The van der Waals surface area contributed by atoms with Crippen molar-refractivity contribution >= 4 is 45.0 Å². The van der Waals surface area contributed by atoms with Gasteiger partial charge in [-0.2, -0.15) is 0 Å². The molecule has 9 heteroatoms. The summed E-state index contributed by atoms with van der Waals surface area (Å²) in [7, 11) is -3.34. The van der Waals surface area contributed by atoms with Crippen molar-refractivity contribution in [1.82, 2.24) is 4.90 Å². The van der Waals surface area contributed by atoms with Crippen molar-refractivity contribution in [2.75, 3.05) is 34.0 Å². The van der Waals surface area contributed by atoms with Gasteiger partial charge in [0.25, 0.3) is 0 Å². The molecule has 1 aromatic rings. The van der Waals surface area contributed by atoms with E-state index < -0.39 is 10.0 Å². The molecule has 1 saturated heterocycles. The van der Waals surface area contributed by atoms with Crippen LogP contribution in [0.15, 0.2) is 18.2 Å². The van der Waals surface area contributed by atoms with Gasteiger partial charge in [-0.05, 0) is 37.6 Å². The second-order valence-electron chi connectivity index (χ2n) is 5.15. The molecule has 1 aromatic carbocycles. The first-order valence-electron chi connectivity index (χ1n) is 7.07. The summed E-state index contributed by atoms with van der Waals surface area (Å²) in [5, 5.41) is 2.71. The van der Waals surface area contributed by atoms with Gasteiger partial charge in [0.05, 0.1) is 23.1 Å². The number of nitrogens with one attached hydrogen (secondary N) is 2. The Morgan fingerprint density at radius 2 is 2.13 bits per heavy atom. The van der Waals surface area contributed by atoms with Crippen molar-refractivity contribution in [2.24, 2.45) is 0 Å². The van der Waals surface area contributed by atoms with Crippen LogP contribution in [0.1, 0.15) is 12.5 Å². The van der Waals surface area contributed by atoms with E-state index in [0.717, 1.165) is 0 Å². The van der Waals surface area contributed by atoms with Crippen molar-refractivity contribution in [2.45, 2.75) is 13.8 Å². The van der Waals surface area contributed by atoms with E-state index in [4.69, 9.17) is 0 Å². The molecule has 0 unspecified atom stereocenters. The normalized spacial score (nSPS) is 14.9. The fourth-order valence-corrected chi connectivity index (χ4v) is 3.62. The highest BCUT2D eigenvalue weighted by Gasteiger charge is 2.22. The van der Waals surface area contributed by atoms with Crippen LogP contribution in [0, 0.1) is 6.92 Å². The van der Waals surface area contributed by atoms with Crippen LogP contribution >= 0.6 is 11.8 Å². The molecule has 1 fully saturated rings. The third-order valence-electron chi connectivity index (χ3n) is 3.32. The summed E-state index contributed by atoms with van der Waals surface area (Å²) < 4.78 is 25.7. The number of nitrogens with zero attached hydrogens (tertiary/aromatic N) is 1. The molecule has 0 aromatic heterocycles. The first kappa shape index (κ1) is 17.6. The van der Waals surface area contributed by atoms with Crippen molar-refractivity contribution in [3.05, 3.63) is 23.8 Å². The zero-order valence-electron chi connectivity index (χ0n) is 13.0. The minimum Gasteiger partial charge on any atom is -0.325 e. The summed E-state index contributed by atoms with van der Waals surface area (Å²) >= 11 is 1.48. The van der Waals surface area contributed by atoms with Crippen LogP contribution in [0.5, 0.6) is 0 Å². The number of sulfonamides is 1. The molecule has 126 valence electrons. The molecular weight excluding hydrogens is 338 g/mol. The maximum Gasteiger partial charge on any atom is 0.244 e. The Kier molecular flexibility index (Phi) is 5.53. The number of amides is 2. The molecule has 0 saturated carbocycles. The van der Waals surface area contributed by atoms with Crippen molar-refractivity contribution in [3.63, 3.8) is 0 Å². The lowest BCUT2D eigenvalue weighted by molar-refractivity contribution is -0.130. The molecule has 0 radical (unpaired) electrons. The number of benzene rings is 1. The molecule has 2 rings (SSSR count). The third kappa shape index (κ3) is 4.87. The van der Waals surface area contributed by atoms with E-state index in [1.165, 1.54) is 16.7 Å². The molecule has 0 spiro atoms. The number of aryl methyl sites for hydroxylation is 1. The molecular formula is C14H19N3O4S2. The number of rotatable bonds is 6. The standard InChI is InChI=1S/C14H19N3O4S2/c1-3-23(20,21)16-12-5-4-11(6-10(12)2)15-13(18)7-17-9-22-8-14(17)19/h4-6,16H,3,7-9H2,1-2H3,(H,15,18). The Labute approximate surface area is 139 Å². The SMILES string of the molecule is CCS(=O)(=O)Nc1ccc(NC(=O)CN2CSCC2=O)cc1C. The predicted molar refractivity (Wildman–Crippen MR) is 91.9 cm³/mol. The summed E-state index contributed by atoms with van der Waals surface area (Å²) in [6.45, 7) is 3.34. The van der Waals surface area contributed by atoms with E-state index in [9.17, 15) is 18.0 Å². The van der Waals surface area contributed by atoms with Gasteiger partial charge in [0.15, 0.2) is 0 Å². The van der Waals surface area contributed by atoms with Gasteiger partial charge >= 0.3 is 0 Å². The number of carbonyl (C=O) groups is 2. The average Bonchev–Trinajstić information content (AvgIpc) is 2.87. The van der Waals surface area contributed by atoms with Gasteiger partial charge in [0.2, 0.25) is 21.8 Å².